The molecule has 3 N–H and O–H groups in total. The Labute approximate surface area is 157 Å². The second-order valence-corrected chi connectivity index (χ2v) is 6.10. The number of rotatable bonds is 15. The van der Waals surface area contributed by atoms with Gasteiger partial charge in [0.1, 0.15) is 0 Å². The number of aliphatic carboxylic acids is 1. The fourth-order valence-electron chi connectivity index (χ4n) is 2.14. The van der Waals surface area contributed by atoms with Crippen molar-refractivity contribution < 1.29 is 20.1 Å². The zero-order valence-corrected chi connectivity index (χ0v) is 15.8. The molecule has 0 aromatic carbocycles. The van der Waals surface area contributed by atoms with E-state index in [9.17, 15) is 15.0 Å². The van der Waals surface area contributed by atoms with Gasteiger partial charge in [-0.05, 0) is 38.5 Å². The highest BCUT2D eigenvalue weighted by atomic mass is 16.4. The number of allylic oxidation sites excluding steroid dienone is 6. The van der Waals surface area contributed by atoms with Gasteiger partial charge in [0.2, 0.25) is 0 Å². The molecule has 0 aromatic heterocycles. The Bertz CT molecular complexity index is 486. The second-order valence-electron chi connectivity index (χ2n) is 6.10. The average molecular weight is 363 g/mol. The third-order valence-corrected chi connectivity index (χ3v) is 3.59. The van der Waals surface area contributed by atoms with Gasteiger partial charge in [0, 0.05) is 6.42 Å². The molecule has 26 heavy (non-hydrogen) atoms. The SMILES string of the molecule is CC/C=C/CC(O)/C=C/C=C/C=C\C(O)C/C=C/CCCCCC(=O)O. The van der Waals surface area contributed by atoms with Gasteiger partial charge in [-0.25, -0.2) is 0 Å². The van der Waals surface area contributed by atoms with Crippen molar-refractivity contribution in [2.75, 3.05) is 0 Å². The van der Waals surface area contributed by atoms with Gasteiger partial charge in [0.25, 0.3) is 0 Å². The second kappa shape index (κ2) is 17.9. The quantitative estimate of drug-likeness (QED) is 0.224. The van der Waals surface area contributed by atoms with Crippen LogP contribution < -0.4 is 0 Å². The molecular weight excluding hydrogens is 328 g/mol. The summed E-state index contributed by atoms with van der Waals surface area (Å²) >= 11 is 0. The Morgan fingerprint density at radius 2 is 1.38 bits per heavy atom. The van der Waals surface area contributed by atoms with Crippen molar-refractivity contribution >= 4 is 5.97 Å². The number of carboxylic acids is 1. The van der Waals surface area contributed by atoms with E-state index in [1.807, 2.05) is 36.5 Å². The van der Waals surface area contributed by atoms with E-state index in [0.717, 1.165) is 32.1 Å². The van der Waals surface area contributed by atoms with Gasteiger partial charge in [-0.3, -0.25) is 4.79 Å². The molecule has 2 atom stereocenters. The van der Waals surface area contributed by atoms with Crippen molar-refractivity contribution in [2.45, 2.75) is 70.5 Å². The summed E-state index contributed by atoms with van der Waals surface area (Å²) in [6.45, 7) is 2.06. The van der Waals surface area contributed by atoms with Crippen LogP contribution in [0.2, 0.25) is 0 Å². The molecule has 0 aliphatic heterocycles. The molecule has 0 aliphatic rings. The molecule has 0 heterocycles. The van der Waals surface area contributed by atoms with E-state index in [1.165, 1.54) is 0 Å². The Morgan fingerprint density at radius 3 is 1.92 bits per heavy atom. The normalized spacial score (nSPS) is 15.2. The number of unbranched alkanes of at least 4 members (excludes halogenated alkanes) is 3. The van der Waals surface area contributed by atoms with Gasteiger partial charge < -0.3 is 15.3 Å². The van der Waals surface area contributed by atoms with E-state index in [1.54, 1.807) is 24.3 Å². The van der Waals surface area contributed by atoms with Crippen molar-refractivity contribution in [3.63, 3.8) is 0 Å². The van der Waals surface area contributed by atoms with Crippen LogP contribution in [0.4, 0.5) is 0 Å². The van der Waals surface area contributed by atoms with Gasteiger partial charge in [0.15, 0.2) is 0 Å². The summed E-state index contributed by atoms with van der Waals surface area (Å²) in [7, 11) is 0. The minimum Gasteiger partial charge on any atom is -0.481 e. The molecule has 4 nitrogen and oxygen atoms in total. The van der Waals surface area contributed by atoms with E-state index in [2.05, 4.69) is 6.92 Å². The molecule has 0 radical (unpaired) electrons. The highest BCUT2D eigenvalue weighted by molar-refractivity contribution is 5.66. The molecule has 0 bridgehead atoms. The standard InChI is InChI=1S/C22H34O4/c1-2-3-10-15-20(23)17-12-8-9-13-18-21(24)16-11-6-4-5-7-14-19-22(25)26/h3,6,8-13,17-18,20-21,23-24H,2,4-5,7,14-16,19H2,1H3,(H,25,26)/b9-8+,10-3+,11-6+,17-12+,18-13-. The van der Waals surface area contributed by atoms with Crippen LogP contribution in [0.3, 0.4) is 0 Å². The van der Waals surface area contributed by atoms with Crippen molar-refractivity contribution in [3.8, 4) is 0 Å². The van der Waals surface area contributed by atoms with Crippen LogP contribution in [0.25, 0.3) is 0 Å². The maximum absolute atomic E-state index is 10.4. The topological polar surface area (TPSA) is 77.8 Å². The Kier molecular flexibility index (Phi) is 16.6. The number of hydrogen-bond donors (Lipinski definition) is 3. The molecule has 0 amide bonds. The fraction of sp³-hybridized carbons (Fsp3) is 0.500. The zero-order chi connectivity index (χ0) is 19.5. The monoisotopic (exact) mass is 362 g/mol. The van der Waals surface area contributed by atoms with E-state index < -0.39 is 18.2 Å². The van der Waals surface area contributed by atoms with Gasteiger partial charge in [-0.1, -0.05) is 74.1 Å². The first-order chi connectivity index (χ1) is 12.6. The molecule has 0 fully saturated rings. The summed E-state index contributed by atoms with van der Waals surface area (Å²) in [4.78, 5) is 10.4. The van der Waals surface area contributed by atoms with Crippen molar-refractivity contribution in [3.05, 3.63) is 60.8 Å². The number of carboxylic acid groups (broad SMARTS) is 1. The van der Waals surface area contributed by atoms with E-state index >= 15 is 0 Å². The predicted octanol–water partition coefficient (Wildman–Crippen LogP) is 4.71. The van der Waals surface area contributed by atoms with Crippen LogP contribution in [0, 0.1) is 0 Å². The highest BCUT2D eigenvalue weighted by Gasteiger charge is 1.96. The molecule has 0 aromatic rings. The summed E-state index contributed by atoms with van der Waals surface area (Å²) in [5, 5.41) is 28.0. The van der Waals surface area contributed by atoms with Gasteiger partial charge >= 0.3 is 5.97 Å². The van der Waals surface area contributed by atoms with Gasteiger partial charge in [0.05, 0.1) is 12.2 Å². The molecule has 0 aliphatic carbocycles. The largest absolute Gasteiger partial charge is 0.481 e. The Balaban J connectivity index is 3.78. The summed E-state index contributed by atoms with van der Waals surface area (Å²) in [6.07, 6.45) is 23.6. The van der Waals surface area contributed by atoms with Crippen LogP contribution in [0.5, 0.6) is 0 Å². The molecule has 2 unspecified atom stereocenters. The summed E-state index contributed by atoms with van der Waals surface area (Å²) in [6, 6.07) is 0. The van der Waals surface area contributed by atoms with Crippen LogP contribution in [-0.2, 0) is 4.79 Å². The Hall–Kier alpha value is -1.91. The first-order valence-corrected chi connectivity index (χ1v) is 9.45. The zero-order valence-electron chi connectivity index (χ0n) is 15.8. The van der Waals surface area contributed by atoms with Crippen LogP contribution in [-0.4, -0.2) is 33.5 Å². The van der Waals surface area contributed by atoms with Crippen LogP contribution in [0.1, 0.15) is 58.3 Å². The molecule has 0 spiro atoms. The summed E-state index contributed by atoms with van der Waals surface area (Å²) in [5.74, 6) is -0.736. The smallest absolute Gasteiger partial charge is 0.303 e. The number of carbonyl (C=O) groups is 1. The minimum absolute atomic E-state index is 0.241. The van der Waals surface area contributed by atoms with E-state index in [4.69, 9.17) is 5.11 Å². The number of aliphatic hydroxyl groups is 2. The lowest BCUT2D eigenvalue weighted by Crippen LogP contribution is -1.99. The molecular formula is C22H34O4. The maximum atomic E-state index is 10.4. The fourth-order valence-corrected chi connectivity index (χ4v) is 2.14. The molecule has 0 rings (SSSR count). The van der Waals surface area contributed by atoms with Gasteiger partial charge in [-0.2, -0.15) is 0 Å². The average Bonchev–Trinajstić information content (AvgIpc) is 2.60. The van der Waals surface area contributed by atoms with E-state index in [0.29, 0.717) is 12.8 Å². The van der Waals surface area contributed by atoms with Crippen molar-refractivity contribution in [1.82, 2.24) is 0 Å². The molecule has 0 saturated heterocycles. The maximum Gasteiger partial charge on any atom is 0.303 e. The van der Waals surface area contributed by atoms with Crippen LogP contribution in [0.15, 0.2) is 60.8 Å². The van der Waals surface area contributed by atoms with Gasteiger partial charge in [-0.15, -0.1) is 0 Å². The Morgan fingerprint density at radius 1 is 0.808 bits per heavy atom. The first-order valence-electron chi connectivity index (χ1n) is 9.45. The number of hydrogen-bond acceptors (Lipinski definition) is 3. The number of aliphatic hydroxyl groups excluding tert-OH is 2. The lowest BCUT2D eigenvalue weighted by atomic mass is 10.1. The van der Waals surface area contributed by atoms with Crippen molar-refractivity contribution in [1.29, 1.82) is 0 Å². The summed E-state index contributed by atoms with van der Waals surface area (Å²) in [5.41, 5.74) is 0. The third-order valence-electron chi connectivity index (χ3n) is 3.59. The lowest BCUT2D eigenvalue weighted by molar-refractivity contribution is -0.137. The molecule has 146 valence electrons. The first kappa shape index (κ1) is 24.1. The van der Waals surface area contributed by atoms with Crippen LogP contribution >= 0.6 is 0 Å². The summed E-state index contributed by atoms with van der Waals surface area (Å²) < 4.78 is 0. The van der Waals surface area contributed by atoms with E-state index in [-0.39, 0.29) is 6.42 Å². The predicted molar refractivity (Wildman–Crippen MR) is 108 cm³/mol. The highest BCUT2D eigenvalue weighted by Crippen LogP contribution is 2.05. The minimum atomic E-state index is -0.736. The third kappa shape index (κ3) is 18.4. The molecule has 4 heteroatoms. The molecule has 0 saturated carbocycles. The van der Waals surface area contributed by atoms with Crippen molar-refractivity contribution in [2.24, 2.45) is 0 Å². The lowest BCUT2D eigenvalue weighted by Gasteiger charge is -2.00.